The number of ether oxygens (including phenoxy) is 1. The SMILES string of the molecule is CCCCCCCCCCCCCCCCOC(=O)c1cc[n+](C)cc1.[Cl-]. The molecule has 0 aliphatic rings. The third-order valence-electron chi connectivity index (χ3n) is 4.95. The molecule has 0 N–H and O–H groups in total. The summed E-state index contributed by atoms with van der Waals surface area (Å²) in [6.45, 7) is 2.81. The van der Waals surface area contributed by atoms with Gasteiger partial charge in [0, 0.05) is 12.1 Å². The number of halogens is 1. The first kappa shape index (κ1) is 25.9. The molecule has 0 saturated heterocycles. The maximum Gasteiger partial charge on any atom is 0.338 e. The van der Waals surface area contributed by atoms with Gasteiger partial charge in [-0.05, 0) is 6.42 Å². The Kier molecular flexibility index (Phi) is 17.5. The van der Waals surface area contributed by atoms with Crippen molar-refractivity contribution in [2.24, 2.45) is 7.05 Å². The molecule has 0 bridgehead atoms. The topological polar surface area (TPSA) is 30.2 Å². The summed E-state index contributed by atoms with van der Waals surface area (Å²) in [5, 5.41) is 0. The van der Waals surface area contributed by atoms with Crippen LogP contribution in [0.2, 0.25) is 0 Å². The molecule has 0 saturated carbocycles. The zero-order chi connectivity index (χ0) is 18.9. The average molecular weight is 398 g/mol. The molecule has 0 aromatic carbocycles. The maximum absolute atomic E-state index is 11.9. The van der Waals surface area contributed by atoms with E-state index < -0.39 is 0 Å². The van der Waals surface area contributed by atoms with E-state index in [0.29, 0.717) is 12.2 Å². The minimum Gasteiger partial charge on any atom is -1.00 e. The average Bonchev–Trinajstić information content (AvgIpc) is 2.65. The molecular formula is C23H40ClNO2. The van der Waals surface area contributed by atoms with Crippen molar-refractivity contribution in [3.05, 3.63) is 30.1 Å². The number of hydrogen-bond donors (Lipinski definition) is 0. The van der Waals surface area contributed by atoms with Gasteiger partial charge in [0.1, 0.15) is 7.05 Å². The first-order valence-corrected chi connectivity index (χ1v) is 10.9. The van der Waals surface area contributed by atoms with E-state index in [1.807, 2.05) is 24.0 Å². The van der Waals surface area contributed by atoms with Crippen molar-refractivity contribution >= 4 is 5.97 Å². The molecule has 0 spiro atoms. The first-order valence-electron chi connectivity index (χ1n) is 10.9. The Labute approximate surface area is 173 Å². The number of aryl methyl sites for hydroxylation is 1. The van der Waals surface area contributed by atoms with Gasteiger partial charge in [0.2, 0.25) is 0 Å². The standard InChI is InChI=1S/C23H40NO2.ClH/c1-3-4-5-6-7-8-9-10-11-12-13-14-15-16-21-26-23(25)22-17-19-24(2)20-18-22;/h17-20H,3-16,21H2,1-2H3;1H/q+1;/p-1. The number of nitrogens with zero attached hydrogens (tertiary/aromatic N) is 1. The highest BCUT2D eigenvalue weighted by molar-refractivity contribution is 5.88. The van der Waals surface area contributed by atoms with Crippen molar-refractivity contribution in [3.8, 4) is 0 Å². The second-order valence-corrected chi connectivity index (χ2v) is 7.48. The Hall–Kier alpha value is -1.09. The van der Waals surface area contributed by atoms with E-state index in [1.54, 1.807) is 12.1 Å². The molecule has 27 heavy (non-hydrogen) atoms. The normalized spacial score (nSPS) is 10.4. The lowest BCUT2D eigenvalue weighted by molar-refractivity contribution is -0.671. The molecular weight excluding hydrogens is 358 g/mol. The Morgan fingerprint density at radius 2 is 1.19 bits per heavy atom. The highest BCUT2D eigenvalue weighted by Gasteiger charge is 2.07. The van der Waals surface area contributed by atoms with Gasteiger partial charge in [-0.3, -0.25) is 0 Å². The summed E-state index contributed by atoms with van der Waals surface area (Å²) in [7, 11) is 1.93. The van der Waals surface area contributed by atoms with E-state index in [2.05, 4.69) is 6.92 Å². The van der Waals surface area contributed by atoms with E-state index in [-0.39, 0.29) is 18.4 Å². The lowest BCUT2D eigenvalue weighted by atomic mass is 10.0. The van der Waals surface area contributed by atoms with Crippen molar-refractivity contribution < 1.29 is 26.5 Å². The van der Waals surface area contributed by atoms with Crippen molar-refractivity contribution in [2.75, 3.05) is 6.61 Å². The van der Waals surface area contributed by atoms with Crippen molar-refractivity contribution in [1.82, 2.24) is 0 Å². The molecule has 3 nitrogen and oxygen atoms in total. The van der Waals surface area contributed by atoms with Crippen LogP contribution in [0, 0.1) is 0 Å². The van der Waals surface area contributed by atoms with Gasteiger partial charge in [-0.1, -0.05) is 90.4 Å². The third-order valence-corrected chi connectivity index (χ3v) is 4.95. The molecule has 0 unspecified atom stereocenters. The molecule has 1 aromatic heterocycles. The van der Waals surface area contributed by atoms with Crippen LogP contribution in [-0.4, -0.2) is 12.6 Å². The third kappa shape index (κ3) is 14.6. The number of hydrogen-bond acceptors (Lipinski definition) is 2. The van der Waals surface area contributed by atoms with Crippen LogP contribution >= 0.6 is 0 Å². The largest absolute Gasteiger partial charge is 1.00 e. The van der Waals surface area contributed by atoms with Crippen molar-refractivity contribution in [2.45, 2.75) is 96.8 Å². The zero-order valence-corrected chi connectivity index (χ0v) is 18.3. The summed E-state index contributed by atoms with van der Waals surface area (Å²) in [6.07, 6.45) is 22.5. The number of carbonyl (C=O) groups excluding carboxylic acids is 1. The predicted octanol–water partition coefficient (Wildman–Crippen LogP) is 3.15. The van der Waals surface area contributed by atoms with Gasteiger partial charge in [-0.25, -0.2) is 9.36 Å². The molecule has 4 heteroatoms. The summed E-state index contributed by atoms with van der Waals surface area (Å²) in [4.78, 5) is 11.9. The van der Waals surface area contributed by atoms with Crippen LogP contribution in [0.3, 0.4) is 0 Å². The predicted molar refractivity (Wildman–Crippen MR) is 108 cm³/mol. The number of esters is 1. The van der Waals surface area contributed by atoms with Gasteiger partial charge >= 0.3 is 5.97 Å². The molecule has 0 fully saturated rings. The lowest BCUT2D eigenvalue weighted by Crippen LogP contribution is -3.00. The van der Waals surface area contributed by atoms with E-state index >= 15 is 0 Å². The Morgan fingerprint density at radius 1 is 0.778 bits per heavy atom. The number of pyridine rings is 1. The number of carbonyl (C=O) groups is 1. The highest BCUT2D eigenvalue weighted by atomic mass is 35.5. The molecule has 1 aromatic rings. The van der Waals surface area contributed by atoms with Crippen LogP contribution in [0.1, 0.15) is 107 Å². The van der Waals surface area contributed by atoms with Gasteiger partial charge in [0.15, 0.2) is 12.4 Å². The summed E-state index contributed by atoms with van der Waals surface area (Å²) in [5.41, 5.74) is 0.633. The zero-order valence-electron chi connectivity index (χ0n) is 17.6. The maximum atomic E-state index is 11.9. The first-order chi connectivity index (χ1) is 12.7. The van der Waals surface area contributed by atoms with Crippen LogP contribution in [0.25, 0.3) is 0 Å². The Bertz CT molecular complexity index is 462. The summed E-state index contributed by atoms with van der Waals surface area (Å²) < 4.78 is 7.23. The second kappa shape index (κ2) is 18.3. The van der Waals surface area contributed by atoms with Crippen LogP contribution in [0.5, 0.6) is 0 Å². The van der Waals surface area contributed by atoms with E-state index in [9.17, 15) is 4.79 Å². The molecule has 0 amide bonds. The molecule has 156 valence electrons. The van der Waals surface area contributed by atoms with Crippen molar-refractivity contribution in [3.63, 3.8) is 0 Å². The van der Waals surface area contributed by atoms with Crippen LogP contribution in [-0.2, 0) is 11.8 Å². The minimum absolute atomic E-state index is 0. The van der Waals surface area contributed by atoms with Gasteiger partial charge < -0.3 is 17.1 Å². The van der Waals surface area contributed by atoms with E-state index in [1.165, 1.54) is 77.0 Å². The van der Waals surface area contributed by atoms with Gasteiger partial charge in [-0.15, -0.1) is 0 Å². The quantitative estimate of drug-likeness (QED) is 0.243. The van der Waals surface area contributed by atoms with Gasteiger partial charge in [-0.2, -0.15) is 0 Å². The summed E-state index contributed by atoms with van der Waals surface area (Å²) in [6, 6.07) is 3.60. The molecule has 0 radical (unpaired) electrons. The molecule has 0 aliphatic heterocycles. The van der Waals surface area contributed by atoms with Gasteiger partial charge in [0.05, 0.1) is 12.2 Å². The summed E-state index contributed by atoms with van der Waals surface area (Å²) >= 11 is 0. The number of unbranched alkanes of at least 4 members (excludes halogenated alkanes) is 13. The number of rotatable bonds is 16. The summed E-state index contributed by atoms with van der Waals surface area (Å²) in [5.74, 6) is -0.208. The minimum atomic E-state index is -0.208. The number of aromatic nitrogens is 1. The molecule has 0 aliphatic carbocycles. The molecule has 0 atom stereocenters. The Morgan fingerprint density at radius 3 is 1.63 bits per heavy atom. The Balaban J connectivity index is 0.00000676. The smallest absolute Gasteiger partial charge is 0.338 e. The van der Waals surface area contributed by atoms with Crippen molar-refractivity contribution in [1.29, 1.82) is 0 Å². The fourth-order valence-electron chi connectivity index (χ4n) is 3.18. The van der Waals surface area contributed by atoms with Crippen LogP contribution < -0.4 is 17.0 Å². The monoisotopic (exact) mass is 397 g/mol. The molecule has 1 heterocycles. The second-order valence-electron chi connectivity index (χ2n) is 7.48. The van der Waals surface area contributed by atoms with Crippen LogP contribution in [0.4, 0.5) is 0 Å². The fraction of sp³-hybridized carbons (Fsp3) is 0.739. The lowest BCUT2D eigenvalue weighted by Gasteiger charge is -2.05. The van der Waals surface area contributed by atoms with Crippen LogP contribution in [0.15, 0.2) is 24.5 Å². The molecule has 1 rings (SSSR count). The fourth-order valence-corrected chi connectivity index (χ4v) is 3.18. The highest BCUT2D eigenvalue weighted by Crippen LogP contribution is 2.13. The van der Waals surface area contributed by atoms with Gasteiger partial charge in [0.25, 0.3) is 0 Å². The van der Waals surface area contributed by atoms with E-state index in [0.717, 1.165) is 12.8 Å². The van der Waals surface area contributed by atoms with E-state index in [4.69, 9.17) is 4.74 Å².